The predicted octanol–water partition coefficient (Wildman–Crippen LogP) is 4.98. The van der Waals surface area contributed by atoms with E-state index in [1.807, 2.05) is 19.1 Å². The number of amides is 1. The van der Waals surface area contributed by atoms with E-state index in [0.717, 1.165) is 16.5 Å². The highest BCUT2D eigenvalue weighted by Crippen LogP contribution is 2.23. The molecule has 0 unspecified atom stereocenters. The van der Waals surface area contributed by atoms with E-state index < -0.39 is 11.6 Å². The van der Waals surface area contributed by atoms with Gasteiger partial charge in [-0.2, -0.15) is 0 Å². The SMILES string of the molecule is Cc1cc(=O)oc2cc(OCc3ccc(C(=O)OCC(=O)N(CC(C)C)CC(C)C)cc3)ccc12. The lowest BCUT2D eigenvalue weighted by molar-refractivity contribution is -0.135. The van der Waals surface area contributed by atoms with Crippen LogP contribution in [0, 0.1) is 18.8 Å². The van der Waals surface area contributed by atoms with Gasteiger partial charge in [-0.05, 0) is 54.2 Å². The molecule has 1 amide bonds. The molecule has 35 heavy (non-hydrogen) atoms. The fourth-order valence-corrected chi connectivity index (χ4v) is 3.76. The summed E-state index contributed by atoms with van der Waals surface area (Å²) in [5.74, 6) is 0.508. The summed E-state index contributed by atoms with van der Waals surface area (Å²) in [6, 6.07) is 13.7. The van der Waals surface area contributed by atoms with E-state index in [2.05, 4.69) is 27.7 Å². The second-order valence-electron chi connectivity index (χ2n) is 9.55. The van der Waals surface area contributed by atoms with E-state index >= 15 is 0 Å². The molecule has 1 heterocycles. The highest BCUT2D eigenvalue weighted by atomic mass is 16.5. The van der Waals surface area contributed by atoms with Crippen LogP contribution in [0.4, 0.5) is 0 Å². The van der Waals surface area contributed by atoms with Gasteiger partial charge >= 0.3 is 11.6 Å². The Labute approximate surface area is 205 Å². The number of carbonyl (C=O) groups is 2. The zero-order chi connectivity index (χ0) is 25.5. The molecular weight excluding hydrogens is 446 g/mol. The van der Waals surface area contributed by atoms with Gasteiger partial charge in [-0.3, -0.25) is 4.79 Å². The van der Waals surface area contributed by atoms with Gasteiger partial charge in [0.1, 0.15) is 17.9 Å². The number of esters is 1. The van der Waals surface area contributed by atoms with Crippen LogP contribution in [0.3, 0.4) is 0 Å². The van der Waals surface area contributed by atoms with E-state index in [4.69, 9.17) is 13.9 Å². The monoisotopic (exact) mass is 479 g/mol. The normalized spacial score (nSPS) is 11.2. The number of benzene rings is 2. The lowest BCUT2D eigenvalue weighted by atomic mass is 10.1. The summed E-state index contributed by atoms with van der Waals surface area (Å²) in [7, 11) is 0. The van der Waals surface area contributed by atoms with Gasteiger partial charge in [0, 0.05) is 30.6 Å². The van der Waals surface area contributed by atoms with Gasteiger partial charge < -0.3 is 18.8 Å². The van der Waals surface area contributed by atoms with Crippen LogP contribution in [-0.4, -0.2) is 36.5 Å². The Hall–Kier alpha value is -3.61. The first-order valence-electron chi connectivity index (χ1n) is 11.8. The number of rotatable bonds is 10. The molecule has 3 aromatic rings. The van der Waals surface area contributed by atoms with Crippen molar-refractivity contribution in [3.05, 3.63) is 75.6 Å². The molecule has 0 aliphatic carbocycles. The average Bonchev–Trinajstić information content (AvgIpc) is 2.80. The van der Waals surface area contributed by atoms with E-state index in [-0.39, 0.29) is 19.1 Å². The molecule has 0 saturated carbocycles. The smallest absolute Gasteiger partial charge is 0.338 e. The molecule has 0 bridgehead atoms. The van der Waals surface area contributed by atoms with Gasteiger partial charge in [-0.25, -0.2) is 9.59 Å². The summed E-state index contributed by atoms with van der Waals surface area (Å²) < 4.78 is 16.3. The molecule has 0 aliphatic rings. The Balaban J connectivity index is 1.55. The highest BCUT2D eigenvalue weighted by Gasteiger charge is 2.18. The first-order valence-corrected chi connectivity index (χ1v) is 11.8. The third-order valence-corrected chi connectivity index (χ3v) is 5.37. The maximum atomic E-state index is 12.6. The summed E-state index contributed by atoms with van der Waals surface area (Å²) in [5, 5.41) is 0.856. The quantitative estimate of drug-likeness (QED) is 0.301. The predicted molar refractivity (Wildman–Crippen MR) is 135 cm³/mol. The van der Waals surface area contributed by atoms with Gasteiger partial charge in [0.15, 0.2) is 6.61 Å². The first-order chi connectivity index (χ1) is 16.6. The van der Waals surface area contributed by atoms with Crippen molar-refractivity contribution < 1.29 is 23.5 Å². The fourth-order valence-electron chi connectivity index (χ4n) is 3.76. The van der Waals surface area contributed by atoms with Crippen LogP contribution in [0.25, 0.3) is 11.0 Å². The Morgan fingerprint density at radius 3 is 2.23 bits per heavy atom. The number of carbonyl (C=O) groups excluding carboxylic acids is 2. The van der Waals surface area contributed by atoms with Crippen LogP contribution < -0.4 is 10.4 Å². The molecule has 0 saturated heterocycles. The van der Waals surface area contributed by atoms with Crippen molar-refractivity contribution >= 4 is 22.8 Å². The lowest BCUT2D eigenvalue weighted by Crippen LogP contribution is -2.39. The number of hydrogen-bond donors (Lipinski definition) is 0. The Morgan fingerprint density at radius 2 is 1.60 bits per heavy atom. The lowest BCUT2D eigenvalue weighted by Gasteiger charge is -2.26. The summed E-state index contributed by atoms with van der Waals surface area (Å²) >= 11 is 0. The van der Waals surface area contributed by atoms with Crippen molar-refractivity contribution in [2.45, 2.75) is 41.2 Å². The maximum Gasteiger partial charge on any atom is 0.338 e. The highest BCUT2D eigenvalue weighted by molar-refractivity contribution is 5.91. The Morgan fingerprint density at radius 1 is 0.943 bits per heavy atom. The van der Waals surface area contributed by atoms with Crippen LogP contribution in [0.1, 0.15) is 49.2 Å². The number of nitrogens with zero attached hydrogens (tertiary/aromatic N) is 1. The minimum Gasteiger partial charge on any atom is -0.489 e. The molecule has 0 spiro atoms. The van der Waals surface area contributed by atoms with Crippen LogP contribution in [0.15, 0.2) is 57.7 Å². The van der Waals surface area contributed by atoms with E-state index in [0.29, 0.717) is 41.8 Å². The number of ether oxygens (including phenoxy) is 2. The first kappa shape index (κ1) is 26.0. The van der Waals surface area contributed by atoms with Crippen molar-refractivity contribution in [1.82, 2.24) is 4.90 Å². The fraction of sp³-hybridized carbons (Fsp3) is 0.393. The Kier molecular flexibility index (Phi) is 8.68. The molecule has 186 valence electrons. The molecule has 3 rings (SSSR count). The zero-order valence-electron chi connectivity index (χ0n) is 21.0. The topological polar surface area (TPSA) is 86.0 Å². The zero-order valence-corrected chi connectivity index (χ0v) is 21.0. The van der Waals surface area contributed by atoms with Crippen molar-refractivity contribution in [1.29, 1.82) is 0 Å². The molecule has 0 aliphatic heterocycles. The van der Waals surface area contributed by atoms with Gasteiger partial charge in [0.05, 0.1) is 5.56 Å². The van der Waals surface area contributed by atoms with Gasteiger partial charge in [-0.15, -0.1) is 0 Å². The summed E-state index contributed by atoms with van der Waals surface area (Å²) in [4.78, 5) is 38.3. The molecule has 1 aromatic heterocycles. The number of hydrogen-bond acceptors (Lipinski definition) is 6. The van der Waals surface area contributed by atoms with Crippen molar-refractivity contribution in [2.75, 3.05) is 19.7 Å². The van der Waals surface area contributed by atoms with Crippen LogP contribution in [0.2, 0.25) is 0 Å². The second kappa shape index (κ2) is 11.7. The molecule has 7 heteroatoms. The molecule has 0 radical (unpaired) electrons. The third-order valence-electron chi connectivity index (χ3n) is 5.37. The van der Waals surface area contributed by atoms with Crippen molar-refractivity contribution in [3.63, 3.8) is 0 Å². The van der Waals surface area contributed by atoms with Gasteiger partial charge in [0.25, 0.3) is 5.91 Å². The third kappa shape index (κ3) is 7.44. The minimum absolute atomic E-state index is 0.188. The summed E-state index contributed by atoms with van der Waals surface area (Å²) in [6.45, 7) is 11.3. The average molecular weight is 480 g/mol. The molecular formula is C28H33NO6. The summed E-state index contributed by atoms with van der Waals surface area (Å²) in [6.07, 6.45) is 0. The largest absolute Gasteiger partial charge is 0.489 e. The van der Waals surface area contributed by atoms with Crippen LogP contribution in [-0.2, 0) is 16.1 Å². The van der Waals surface area contributed by atoms with E-state index in [1.165, 1.54) is 6.07 Å². The van der Waals surface area contributed by atoms with Crippen LogP contribution >= 0.6 is 0 Å². The Bertz CT molecular complexity index is 1220. The standard InChI is InChI=1S/C28H33NO6/c1-18(2)14-29(15-19(3)4)26(30)17-34-28(32)22-8-6-21(7-9-22)16-33-23-10-11-24-20(5)12-27(31)35-25(24)13-23/h6-13,18-19H,14-17H2,1-5H3. The molecule has 0 fully saturated rings. The van der Waals surface area contributed by atoms with Crippen LogP contribution in [0.5, 0.6) is 5.75 Å². The van der Waals surface area contributed by atoms with Crippen molar-refractivity contribution in [3.8, 4) is 5.75 Å². The van der Waals surface area contributed by atoms with E-state index in [9.17, 15) is 14.4 Å². The maximum absolute atomic E-state index is 12.6. The molecule has 0 atom stereocenters. The second-order valence-corrected chi connectivity index (χ2v) is 9.55. The molecule has 0 N–H and O–H groups in total. The minimum atomic E-state index is -0.542. The molecule has 7 nitrogen and oxygen atoms in total. The van der Waals surface area contributed by atoms with Crippen molar-refractivity contribution in [2.24, 2.45) is 11.8 Å². The van der Waals surface area contributed by atoms with Gasteiger partial charge in [0.2, 0.25) is 0 Å². The summed E-state index contributed by atoms with van der Waals surface area (Å²) in [5.41, 5.74) is 2.14. The number of fused-ring (bicyclic) bond motifs is 1. The van der Waals surface area contributed by atoms with E-state index in [1.54, 1.807) is 35.2 Å². The van der Waals surface area contributed by atoms with Gasteiger partial charge in [-0.1, -0.05) is 39.8 Å². The number of aryl methyl sites for hydroxylation is 1. The molecule has 2 aromatic carbocycles.